The van der Waals surface area contributed by atoms with Crippen LogP contribution in [0.1, 0.15) is 39.7 Å². The number of halogens is 4. The fourth-order valence-electron chi connectivity index (χ4n) is 2.43. The van der Waals surface area contributed by atoms with Gasteiger partial charge in [0.1, 0.15) is 28.2 Å². The molecule has 2 aromatic carbocycles. The molecule has 0 radical (unpaired) electrons. The van der Waals surface area contributed by atoms with Crippen molar-refractivity contribution in [2.75, 3.05) is 19.8 Å². The smallest absolute Gasteiger partial charge is 0.156 e. The molecule has 9 heteroatoms. The molecule has 0 heterocycles. The second-order valence-electron chi connectivity index (χ2n) is 7.98. The zero-order valence-electron chi connectivity index (χ0n) is 19.0. The maximum atomic E-state index is 6.27. The number of nitrogens with zero attached hydrogens (tertiary/aromatic N) is 1. The number of benzene rings is 2. The summed E-state index contributed by atoms with van der Waals surface area (Å²) in [6.07, 6.45) is 2.16. The number of hydrogen-bond acceptors (Lipinski definition) is 5. The van der Waals surface area contributed by atoms with Crippen LogP contribution in [0, 0.1) is 0 Å². The van der Waals surface area contributed by atoms with Gasteiger partial charge in [-0.15, -0.1) is 0 Å². The van der Waals surface area contributed by atoms with Gasteiger partial charge in [-0.25, -0.2) is 0 Å². The highest BCUT2D eigenvalue weighted by molar-refractivity contribution is 6.55. The molecule has 0 aliphatic heterocycles. The Morgan fingerprint density at radius 2 is 1.52 bits per heavy atom. The SMILES string of the molecule is CC(=NOC(C)(C)C)c1ccc(OCCCOc2c(Cl)cc(OCC=C(Cl)Cl)cc2Cl)cc1. The third-order valence-corrected chi connectivity index (χ3v) is 4.86. The summed E-state index contributed by atoms with van der Waals surface area (Å²) in [5, 5.41) is 4.87. The number of rotatable bonds is 11. The van der Waals surface area contributed by atoms with Gasteiger partial charge < -0.3 is 19.0 Å². The molecule has 0 amide bonds. The van der Waals surface area contributed by atoms with E-state index in [1.165, 1.54) is 6.08 Å². The maximum Gasteiger partial charge on any atom is 0.156 e. The van der Waals surface area contributed by atoms with Crippen LogP contribution in [0.25, 0.3) is 0 Å². The Morgan fingerprint density at radius 3 is 2.09 bits per heavy atom. The standard InChI is InChI=1S/C24H27Cl4NO4/c1-16(29-33-24(2,3)4)17-6-8-18(9-7-17)30-11-5-12-32-23-20(25)14-19(15-21(23)26)31-13-10-22(27)28/h6-10,14-15H,5,11-13H2,1-4H3. The summed E-state index contributed by atoms with van der Waals surface area (Å²) in [7, 11) is 0. The summed E-state index contributed by atoms with van der Waals surface area (Å²) in [5.41, 5.74) is 1.44. The number of ether oxygens (including phenoxy) is 3. The molecule has 0 saturated heterocycles. The zero-order valence-corrected chi connectivity index (χ0v) is 22.0. The van der Waals surface area contributed by atoms with E-state index >= 15 is 0 Å². The monoisotopic (exact) mass is 533 g/mol. The van der Waals surface area contributed by atoms with E-state index in [-0.39, 0.29) is 16.7 Å². The van der Waals surface area contributed by atoms with Gasteiger partial charge in [-0.3, -0.25) is 0 Å². The molecule has 0 aromatic heterocycles. The van der Waals surface area contributed by atoms with E-state index in [2.05, 4.69) is 5.16 Å². The molecule has 0 spiro atoms. The minimum atomic E-state index is -0.326. The molecule has 0 fully saturated rings. The molecule has 33 heavy (non-hydrogen) atoms. The van der Waals surface area contributed by atoms with E-state index in [0.29, 0.717) is 41.2 Å². The van der Waals surface area contributed by atoms with Crippen LogP contribution >= 0.6 is 46.4 Å². The fourth-order valence-corrected chi connectivity index (χ4v) is 3.13. The molecule has 5 nitrogen and oxygen atoms in total. The molecule has 0 aliphatic carbocycles. The van der Waals surface area contributed by atoms with E-state index in [4.69, 9.17) is 65.5 Å². The molecule has 0 aliphatic rings. The first-order valence-electron chi connectivity index (χ1n) is 10.3. The van der Waals surface area contributed by atoms with Gasteiger partial charge in [-0.2, -0.15) is 0 Å². The summed E-state index contributed by atoms with van der Waals surface area (Å²) >= 11 is 23.6. The van der Waals surface area contributed by atoms with Gasteiger partial charge >= 0.3 is 0 Å². The van der Waals surface area contributed by atoms with Crippen LogP contribution in [0.4, 0.5) is 0 Å². The van der Waals surface area contributed by atoms with Gasteiger partial charge in [-0.1, -0.05) is 51.6 Å². The first kappa shape index (κ1) is 27.5. The van der Waals surface area contributed by atoms with Crippen LogP contribution in [0.5, 0.6) is 17.2 Å². The predicted octanol–water partition coefficient (Wildman–Crippen LogP) is 8.08. The predicted molar refractivity (Wildman–Crippen MR) is 137 cm³/mol. The van der Waals surface area contributed by atoms with Gasteiger partial charge in [-0.05, 0) is 63.6 Å². The van der Waals surface area contributed by atoms with Crippen LogP contribution in [-0.4, -0.2) is 31.1 Å². The minimum Gasteiger partial charge on any atom is -0.493 e. The van der Waals surface area contributed by atoms with Gasteiger partial charge in [0.2, 0.25) is 0 Å². The van der Waals surface area contributed by atoms with Crippen molar-refractivity contribution >= 4 is 52.1 Å². The second-order valence-corrected chi connectivity index (χ2v) is 9.80. The van der Waals surface area contributed by atoms with Crippen LogP contribution in [0.15, 0.2) is 52.1 Å². The topological polar surface area (TPSA) is 49.3 Å². The van der Waals surface area contributed by atoms with Crippen LogP contribution < -0.4 is 14.2 Å². The van der Waals surface area contributed by atoms with E-state index in [1.807, 2.05) is 52.0 Å². The van der Waals surface area contributed by atoms with Crippen molar-refractivity contribution in [2.45, 2.75) is 39.7 Å². The summed E-state index contributed by atoms with van der Waals surface area (Å²) in [4.78, 5) is 5.46. The molecular weight excluding hydrogens is 508 g/mol. The normalized spacial score (nSPS) is 11.7. The van der Waals surface area contributed by atoms with Crippen molar-refractivity contribution in [1.82, 2.24) is 0 Å². The minimum absolute atomic E-state index is 0.125. The fraction of sp³-hybridized carbons (Fsp3) is 0.375. The third kappa shape index (κ3) is 10.3. The molecule has 0 N–H and O–H groups in total. The molecule has 0 atom stereocenters. The summed E-state index contributed by atoms with van der Waals surface area (Å²) < 4.78 is 17.1. The Bertz CT molecular complexity index is 942. The average Bonchev–Trinajstić information content (AvgIpc) is 2.73. The first-order chi connectivity index (χ1) is 15.5. The van der Waals surface area contributed by atoms with E-state index in [1.54, 1.807) is 12.1 Å². The highest BCUT2D eigenvalue weighted by Crippen LogP contribution is 2.37. The number of oxime groups is 1. The van der Waals surface area contributed by atoms with Crippen molar-refractivity contribution in [3.63, 3.8) is 0 Å². The molecule has 180 valence electrons. The summed E-state index contributed by atoms with van der Waals surface area (Å²) in [6.45, 7) is 8.82. The van der Waals surface area contributed by atoms with Gasteiger partial charge in [0.05, 0.1) is 29.0 Å². The first-order valence-corrected chi connectivity index (χ1v) is 11.8. The van der Waals surface area contributed by atoms with E-state index in [9.17, 15) is 0 Å². The van der Waals surface area contributed by atoms with Gasteiger partial charge in [0.15, 0.2) is 5.75 Å². The van der Waals surface area contributed by atoms with Crippen molar-refractivity contribution in [3.05, 3.63) is 62.6 Å². The van der Waals surface area contributed by atoms with Crippen molar-refractivity contribution in [3.8, 4) is 17.2 Å². The van der Waals surface area contributed by atoms with Crippen LogP contribution in [0.3, 0.4) is 0 Å². The van der Waals surface area contributed by atoms with E-state index < -0.39 is 0 Å². The lowest BCUT2D eigenvalue weighted by Gasteiger charge is -2.16. The maximum absolute atomic E-state index is 6.27. The van der Waals surface area contributed by atoms with Gasteiger partial charge in [0.25, 0.3) is 0 Å². The lowest BCUT2D eigenvalue weighted by molar-refractivity contribution is 0.000953. The Morgan fingerprint density at radius 1 is 0.909 bits per heavy atom. The Kier molecular flexibility index (Phi) is 11.0. The lowest BCUT2D eigenvalue weighted by Crippen LogP contribution is -2.16. The highest BCUT2D eigenvalue weighted by atomic mass is 35.5. The largest absolute Gasteiger partial charge is 0.493 e. The Hall–Kier alpha value is -1.79. The zero-order chi connectivity index (χ0) is 24.4. The summed E-state index contributed by atoms with van der Waals surface area (Å²) in [6, 6.07) is 10.9. The van der Waals surface area contributed by atoms with Crippen LogP contribution in [-0.2, 0) is 4.84 Å². The van der Waals surface area contributed by atoms with E-state index in [0.717, 1.165) is 17.0 Å². The summed E-state index contributed by atoms with van der Waals surface area (Å²) in [5.74, 6) is 1.64. The van der Waals surface area contributed by atoms with Crippen LogP contribution in [0.2, 0.25) is 10.0 Å². The molecular formula is C24H27Cl4NO4. The molecule has 0 saturated carbocycles. The quantitative estimate of drug-likeness (QED) is 0.166. The Balaban J connectivity index is 1.78. The second kappa shape index (κ2) is 13.2. The van der Waals surface area contributed by atoms with Crippen molar-refractivity contribution in [2.24, 2.45) is 5.16 Å². The van der Waals surface area contributed by atoms with Crippen molar-refractivity contribution < 1.29 is 19.0 Å². The molecule has 0 unspecified atom stereocenters. The third-order valence-electron chi connectivity index (χ3n) is 3.99. The number of hydrogen-bond donors (Lipinski definition) is 0. The highest BCUT2D eigenvalue weighted by Gasteiger charge is 2.12. The Labute approximate surface area is 215 Å². The lowest BCUT2D eigenvalue weighted by atomic mass is 10.1. The molecule has 2 rings (SSSR count). The molecule has 0 bridgehead atoms. The average molecular weight is 535 g/mol. The molecule has 2 aromatic rings. The van der Waals surface area contributed by atoms with Gasteiger partial charge in [0, 0.05) is 18.6 Å². The van der Waals surface area contributed by atoms with Crippen molar-refractivity contribution in [1.29, 1.82) is 0 Å².